The Hall–Kier alpha value is -1.75. The summed E-state index contributed by atoms with van der Waals surface area (Å²) >= 11 is 0. The first-order valence-electron chi connectivity index (χ1n) is 7.76. The molecule has 1 aromatic carbocycles. The second-order valence-corrected chi connectivity index (χ2v) is 6.95. The molecule has 0 aromatic heterocycles. The lowest BCUT2D eigenvalue weighted by atomic mass is 9.97. The molecule has 5 heteroatoms. The zero-order chi connectivity index (χ0) is 16.2. The van der Waals surface area contributed by atoms with Crippen LogP contribution < -0.4 is 20.1 Å². The Morgan fingerprint density at radius 2 is 1.86 bits per heavy atom. The molecule has 1 aliphatic rings. The number of amidine groups is 1. The first kappa shape index (κ1) is 16.6. The molecule has 0 radical (unpaired) electrons. The van der Waals surface area contributed by atoms with Crippen LogP contribution in [0.1, 0.15) is 31.9 Å². The smallest absolute Gasteiger partial charge is 0.231 e. The highest BCUT2D eigenvalue weighted by molar-refractivity contribution is 5.82. The van der Waals surface area contributed by atoms with E-state index in [1.54, 1.807) is 0 Å². The van der Waals surface area contributed by atoms with Crippen molar-refractivity contribution in [1.29, 1.82) is 5.41 Å². The van der Waals surface area contributed by atoms with E-state index in [9.17, 15) is 0 Å². The summed E-state index contributed by atoms with van der Waals surface area (Å²) in [4.78, 5) is 0. The van der Waals surface area contributed by atoms with Crippen LogP contribution in [-0.2, 0) is 6.42 Å². The highest BCUT2D eigenvalue weighted by atomic mass is 16.7. The van der Waals surface area contributed by atoms with E-state index in [-0.39, 0.29) is 12.2 Å². The Kier molecular flexibility index (Phi) is 5.29. The Morgan fingerprint density at radius 3 is 2.55 bits per heavy atom. The maximum Gasteiger partial charge on any atom is 0.231 e. The van der Waals surface area contributed by atoms with Gasteiger partial charge in [-0.1, -0.05) is 20.8 Å². The molecule has 3 N–H and O–H groups in total. The largest absolute Gasteiger partial charge is 0.454 e. The van der Waals surface area contributed by atoms with Crippen LogP contribution in [0, 0.1) is 17.7 Å². The SMILES string of the molecule is Cc1cc2c(cc1CC(=N)NCCNCC(C)(C)C)OCO2. The van der Waals surface area contributed by atoms with Gasteiger partial charge in [0.1, 0.15) is 0 Å². The summed E-state index contributed by atoms with van der Waals surface area (Å²) in [5.74, 6) is 2.10. The molecule has 1 heterocycles. The maximum atomic E-state index is 8.07. The average molecular weight is 305 g/mol. The zero-order valence-electron chi connectivity index (χ0n) is 14.0. The van der Waals surface area contributed by atoms with E-state index in [1.165, 1.54) is 0 Å². The van der Waals surface area contributed by atoms with Gasteiger partial charge in [-0.2, -0.15) is 0 Å². The molecular weight excluding hydrogens is 278 g/mol. The van der Waals surface area contributed by atoms with Crippen LogP contribution >= 0.6 is 0 Å². The van der Waals surface area contributed by atoms with Crippen molar-refractivity contribution in [3.8, 4) is 11.5 Å². The van der Waals surface area contributed by atoms with Gasteiger partial charge in [0.15, 0.2) is 11.5 Å². The average Bonchev–Trinajstić information content (AvgIpc) is 2.84. The molecule has 1 aliphatic heterocycles. The van der Waals surface area contributed by atoms with Gasteiger partial charge in [-0.25, -0.2) is 0 Å². The summed E-state index contributed by atoms with van der Waals surface area (Å²) < 4.78 is 10.8. The number of nitrogens with one attached hydrogen (secondary N) is 3. The van der Waals surface area contributed by atoms with Gasteiger partial charge in [-0.05, 0) is 35.6 Å². The topological polar surface area (TPSA) is 66.4 Å². The number of benzene rings is 1. The van der Waals surface area contributed by atoms with Crippen molar-refractivity contribution in [2.45, 2.75) is 34.1 Å². The molecule has 0 bridgehead atoms. The van der Waals surface area contributed by atoms with Crippen molar-refractivity contribution in [1.82, 2.24) is 10.6 Å². The van der Waals surface area contributed by atoms with Crippen LogP contribution in [0.25, 0.3) is 0 Å². The van der Waals surface area contributed by atoms with Crippen LogP contribution in [0.3, 0.4) is 0 Å². The predicted octanol–water partition coefficient (Wildman–Crippen LogP) is 2.47. The molecule has 0 unspecified atom stereocenters. The highest BCUT2D eigenvalue weighted by Gasteiger charge is 2.16. The normalized spacial score (nSPS) is 13.3. The monoisotopic (exact) mass is 305 g/mol. The summed E-state index contributed by atoms with van der Waals surface area (Å²) in [5, 5.41) is 14.6. The fourth-order valence-electron chi connectivity index (χ4n) is 2.29. The second-order valence-electron chi connectivity index (χ2n) is 6.95. The Balaban J connectivity index is 1.76. The third-order valence-corrected chi connectivity index (χ3v) is 3.49. The van der Waals surface area contributed by atoms with E-state index in [0.29, 0.717) is 12.3 Å². The van der Waals surface area contributed by atoms with Gasteiger partial charge in [0.2, 0.25) is 6.79 Å². The van der Waals surface area contributed by atoms with E-state index in [0.717, 1.165) is 42.3 Å². The van der Waals surface area contributed by atoms with Crippen LogP contribution in [0.5, 0.6) is 11.5 Å². The number of rotatable bonds is 6. The van der Waals surface area contributed by atoms with E-state index in [4.69, 9.17) is 14.9 Å². The van der Waals surface area contributed by atoms with Crippen LogP contribution in [0.15, 0.2) is 12.1 Å². The van der Waals surface area contributed by atoms with Crippen LogP contribution in [0.4, 0.5) is 0 Å². The minimum Gasteiger partial charge on any atom is -0.454 e. The molecule has 0 spiro atoms. The number of ether oxygens (including phenoxy) is 2. The molecule has 0 atom stereocenters. The van der Waals surface area contributed by atoms with Crippen molar-refractivity contribution in [3.63, 3.8) is 0 Å². The Morgan fingerprint density at radius 1 is 1.18 bits per heavy atom. The van der Waals surface area contributed by atoms with Gasteiger partial charge in [-0.3, -0.25) is 5.41 Å². The number of fused-ring (bicyclic) bond motifs is 1. The van der Waals surface area contributed by atoms with Gasteiger partial charge >= 0.3 is 0 Å². The van der Waals surface area contributed by atoms with Gasteiger partial charge in [0.25, 0.3) is 0 Å². The first-order chi connectivity index (χ1) is 10.3. The molecule has 2 rings (SSSR count). The summed E-state index contributed by atoms with van der Waals surface area (Å²) in [6, 6.07) is 3.96. The summed E-state index contributed by atoms with van der Waals surface area (Å²) in [6.45, 7) is 11.5. The minimum atomic E-state index is 0.285. The summed E-state index contributed by atoms with van der Waals surface area (Å²) in [7, 11) is 0. The van der Waals surface area contributed by atoms with E-state index in [2.05, 4.69) is 31.4 Å². The number of aryl methyl sites for hydroxylation is 1. The number of hydrogen-bond acceptors (Lipinski definition) is 4. The lowest BCUT2D eigenvalue weighted by molar-refractivity contribution is 0.174. The quantitative estimate of drug-likeness (QED) is 0.429. The third kappa shape index (κ3) is 4.91. The van der Waals surface area contributed by atoms with Gasteiger partial charge < -0.3 is 20.1 Å². The maximum absolute atomic E-state index is 8.07. The molecular formula is C17H27N3O2. The molecule has 122 valence electrons. The first-order valence-corrected chi connectivity index (χ1v) is 7.76. The second kappa shape index (κ2) is 7.01. The van der Waals surface area contributed by atoms with Crippen molar-refractivity contribution in [2.75, 3.05) is 26.4 Å². The molecule has 0 aliphatic carbocycles. The molecule has 5 nitrogen and oxygen atoms in total. The van der Waals surface area contributed by atoms with Crippen molar-refractivity contribution >= 4 is 5.84 Å². The fraction of sp³-hybridized carbons (Fsp3) is 0.588. The van der Waals surface area contributed by atoms with Crippen molar-refractivity contribution in [2.24, 2.45) is 5.41 Å². The molecule has 0 amide bonds. The van der Waals surface area contributed by atoms with E-state index < -0.39 is 0 Å². The van der Waals surface area contributed by atoms with Gasteiger partial charge in [0.05, 0.1) is 5.84 Å². The number of hydrogen-bond donors (Lipinski definition) is 3. The van der Waals surface area contributed by atoms with Crippen LogP contribution in [-0.4, -0.2) is 32.3 Å². The standard InChI is InChI=1S/C17H27N3O2/c1-12-7-14-15(22-11-21-14)8-13(12)9-16(18)20-6-5-19-10-17(2,3)4/h7-8,19H,5-6,9-11H2,1-4H3,(H2,18,20). The highest BCUT2D eigenvalue weighted by Crippen LogP contribution is 2.34. The molecule has 0 saturated carbocycles. The van der Waals surface area contributed by atoms with Crippen molar-refractivity contribution in [3.05, 3.63) is 23.3 Å². The Labute approximate surface area is 132 Å². The zero-order valence-corrected chi connectivity index (χ0v) is 14.0. The van der Waals surface area contributed by atoms with Crippen LogP contribution in [0.2, 0.25) is 0 Å². The summed E-state index contributed by atoms with van der Waals surface area (Å²) in [6.07, 6.45) is 0.585. The minimum absolute atomic E-state index is 0.285. The summed E-state index contributed by atoms with van der Waals surface area (Å²) in [5.41, 5.74) is 2.52. The lowest BCUT2D eigenvalue weighted by Crippen LogP contribution is -2.35. The van der Waals surface area contributed by atoms with E-state index in [1.807, 2.05) is 19.1 Å². The molecule has 1 aromatic rings. The lowest BCUT2D eigenvalue weighted by Gasteiger charge is -2.19. The molecule has 0 fully saturated rings. The van der Waals surface area contributed by atoms with Gasteiger partial charge in [-0.15, -0.1) is 0 Å². The van der Waals surface area contributed by atoms with Gasteiger partial charge in [0, 0.05) is 26.1 Å². The van der Waals surface area contributed by atoms with E-state index >= 15 is 0 Å². The Bertz CT molecular complexity index is 535. The molecule has 0 saturated heterocycles. The predicted molar refractivity (Wildman–Crippen MR) is 89.1 cm³/mol. The fourth-order valence-corrected chi connectivity index (χ4v) is 2.29. The van der Waals surface area contributed by atoms with Crippen molar-refractivity contribution < 1.29 is 9.47 Å². The third-order valence-electron chi connectivity index (χ3n) is 3.49. The molecule has 22 heavy (non-hydrogen) atoms.